The number of hydrogen-bond donors (Lipinski definition) is 0. The quantitative estimate of drug-likeness (QED) is 0.556. The van der Waals surface area contributed by atoms with E-state index in [-0.39, 0.29) is 16.7 Å². The second-order valence-electron chi connectivity index (χ2n) is 3.81. The first-order valence-corrected chi connectivity index (χ1v) is 5.18. The zero-order valence-electron chi connectivity index (χ0n) is 9.08. The van der Waals surface area contributed by atoms with Crippen LogP contribution in [0.25, 0.3) is 0 Å². The van der Waals surface area contributed by atoms with Crippen molar-refractivity contribution in [1.82, 2.24) is 0 Å². The van der Waals surface area contributed by atoms with Crippen molar-refractivity contribution in [2.24, 2.45) is 0 Å². The smallest absolute Gasteiger partial charge is 0.206 e. The number of benzene rings is 1. The van der Waals surface area contributed by atoms with Gasteiger partial charge in [-0.15, -0.1) is 11.6 Å². The van der Waals surface area contributed by atoms with Crippen molar-refractivity contribution in [3.05, 3.63) is 34.6 Å². The standard InChI is InChI=1S/C11H10ClF5/c1-5-3-7(4-6(2)8(5)13)9(12)11(16,17)10(14)15/h3-4,9-10H,1-2H3. The first-order valence-electron chi connectivity index (χ1n) is 4.74. The minimum atomic E-state index is -4.35. The molecule has 0 spiro atoms. The van der Waals surface area contributed by atoms with Gasteiger partial charge in [0.15, 0.2) is 0 Å². The van der Waals surface area contributed by atoms with E-state index < -0.39 is 23.5 Å². The molecule has 17 heavy (non-hydrogen) atoms. The van der Waals surface area contributed by atoms with Crippen molar-refractivity contribution < 1.29 is 22.0 Å². The molecule has 0 fully saturated rings. The van der Waals surface area contributed by atoms with E-state index in [1.54, 1.807) is 0 Å². The van der Waals surface area contributed by atoms with Gasteiger partial charge in [-0.1, -0.05) is 12.1 Å². The molecule has 0 saturated carbocycles. The SMILES string of the molecule is Cc1cc(C(Cl)C(F)(F)C(F)F)cc(C)c1F. The summed E-state index contributed by atoms with van der Waals surface area (Å²) in [5.41, 5.74) is -0.0280. The molecule has 0 aliphatic rings. The molecule has 0 bridgehead atoms. The highest BCUT2D eigenvalue weighted by molar-refractivity contribution is 6.21. The molecule has 0 heterocycles. The Balaban J connectivity index is 3.18. The molecule has 0 nitrogen and oxygen atoms in total. The lowest BCUT2D eigenvalue weighted by molar-refractivity contribution is -0.130. The Labute approximate surface area is 100 Å². The van der Waals surface area contributed by atoms with Gasteiger partial charge >= 0.3 is 12.3 Å². The molecule has 6 heteroatoms. The number of halogens is 6. The highest BCUT2D eigenvalue weighted by Gasteiger charge is 2.48. The van der Waals surface area contributed by atoms with Crippen LogP contribution in [0.5, 0.6) is 0 Å². The van der Waals surface area contributed by atoms with E-state index in [0.29, 0.717) is 0 Å². The fourth-order valence-corrected chi connectivity index (χ4v) is 1.68. The zero-order chi connectivity index (χ0) is 13.4. The summed E-state index contributed by atoms with van der Waals surface area (Å²) in [6, 6.07) is 2.10. The largest absolute Gasteiger partial charge is 0.327 e. The Morgan fingerprint density at radius 3 is 1.88 bits per heavy atom. The summed E-state index contributed by atoms with van der Waals surface area (Å²) in [4.78, 5) is 0. The van der Waals surface area contributed by atoms with Crippen LogP contribution < -0.4 is 0 Å². The lowest BCUT2D eigenvalue weighted by Gasteiger charge is -2.22. The van der Waals surface area contributed by atoms with E-state index in [0.717, 1.165) is 12.1 Å². The molecule has 0 amide bonds. The van der Waals surface area contributed by atoms with Gasteiger partial charge in [0.1, 0.15) is 11.2 Å². The molecule has 0 radical (unpaired) electrons. The Morgan fingerprint density at radius 2 is 1.53 bits per heavy atom. The Kier molecular flexibility index (Phi) is 4.02. The minimum Gasteiger partial charge on any atom is -0.206 e. The lowest BCUT2D eigenvalue weighted by atomic mass is 10.0. The topological polar surface area (TPSA) is 0 Å². The van der Waals surface area contributed by atoms with Crippen LogP contribution in [0.3, 0.4) is 0 Å². The molecule has 1 aromatic carbocycles. The molecule has 0 aromatic heterocycles. The van der Waals surface area contributed by atoms with Gasteiger partial charge in [-0.25, -0.2) is 13.2 Å². The molecule has 0 aliphatic carbocycles. The van der Waals surface area contributed by atoms with Crippen molar-refractivity contribution in [2.75, 3.05) is 0 Å². The van der Waals surface area contributed by atoms with Crippen LogP contribution in [0.2, 0.25) is 0 Å². The van der Waals surface area contributed by atoms with Crippen LogP contribution in [-0.2, 0) is 0 Å². The van der Waals surface area contributed by atoms with Crippen LogP contribution >= 0.6 is 11.6 Å². The van der Waals surface area contributed by atoms with E-state index in [9.17, 15) is 22.0 Å². The fraction of sp³-hybridized carbons (Fsp3) is 0.455. The van der Waals surface area contributed by atoms with Crippen molar-refractivity contribution >= 4 is 11.6 Å². The van der Waals surface area contributed by atoms with E-state index >= 15 is 0 Å². The third-order valence-electron chi connectivity index (χ3n) is 2.38. The van der Waals surface area contributed by atoms with E-state index in [1.807, 2.05) is 0 Å². The van der Waals surface area contributed by atoms with Crippen LogP contribution in [0.4, 0.5) is 22.0 Å². The molecule has 1 unspecified atom stereocenters. The van der Waals surface area contributed by atoms with Gasteiger partial charge in [-0.05, 0) is 30.5 Å². The first-order chi connectivity index (χ1) is 7.67. The molecule has 0 N–H and O–H groups in total. The van der Waals surface area contributed by atoms with Crippen LogP contribution in [0, 0.1) is 19.7 Å². The van der Waals surface area contributed by atoms with E-state index in [2.05, 4.69) is 0 Å². The molecule has 1 atom stereocenters. The molecular formula is C11H10ClF5. The average molecular weight is 273 g/mol. The zero-order valence-corrected chi connectivity index (χ0v) is 9.83. The van der Waals surface area contributed by atoms with E-state index in [1.165, 1.54) is 13.8 Å². The van der Waals surface area contributed by atoms with Gasteiger partial charge in [0.05, 0.1) is 0 Å². The van der Waals surface area contributed by atoms with Gasteiger partial charge in [-0.3, -0.25) is 0 Å². The highest BCUT2D eigenvalue weighted by Crippen LogP contribution is 2.41. The van der Waals surface area contributed by atoms with Crippen LogP contribution in [0.1, 0.15) is 22.1 Å². The summed E-state index contributed by atoms with van der Waals surface area (Å²) in [5, 5.41) is -2.18. The molecular weight excluding hydrogens is 263 g/mol. The van der Waals surface area contributed by atoms with Gasteiger partial charge in [0.2, 0.25) is 0 Å². The second-order valence-corrected chi connectivity index (χ2v) is 4.24. The first kappa shape index (κ1) is 14.2. The maximum absolute atomic E-state index is 13.3. The van der Waals surface area contributed by atoms with Crippen LogP contribution in [0.15, 0.2) is 12.1 Å². The van der Waals surface area contributed by atoms with Crippen molar-refractivity contribution in [3.63, 3.8) is 0 Å². The summed E-state index contributed by atoms with van der Waals surface area (Å²) >= 11 is 5.34. The predicted molar refractivity (Wildman–Crippen MR) is 55.4 cm³/mol. The van der Waals surface area contributed by atoms with Crippen molar-refractivity contribution in [1.29, 1.82) is 0 Å². The Hall–Kier alpha value is -0.840. The number of rotatable bonds is 3. The van der Waals surface area contributed by atoms with Gasteiger partial charge in [0.25, 0.3) is 0 Å². The molecule has 96 valence electrons. The lowest BCUT2D eigenvalue weighted by Crippen LogP contribution is -2.31. The second kappa shape index (κ2) is 4.80. The highest BCUT2D eigenvalue weighted by atomic mass is 35.5. The molecule has 1 rings (SSSR count). The summed E-state index contributed by atoms with van der Waals surface area (Å²) in [6.07, 6.45) is -3.87. The normalized spacial score (nSPS) is 14.2. The van der Waals surface area contributed by atoms with Gasteiger partial charge in [0, 0.05) is 0 Å². The summed E-state index contributed by atoms with van der Waals surface area (Å²) < 4.78 is 63.5. The molecule has 1 aromatic rings. The number of hydrogen-bond acceptors (Lipinski definition) is 0. The maximum Gasteiger partial charge on any atom is 0.327 e. The minimum absolute atomic E-state index is 0.0933. The van der Waals surface area contributed by atoms with E-state index in [4.69, 9.17) is 11.6 Å². The number of alkyl halides is 5. The summed E-state index contributed by atoms with van der Waals surface area (Å²) in [5.74, 6) is -4.91. The predicted octanol–water partition coefficient (Wildman–Crippen LogP) is 4.62. The molecule has 0 saturated heterocycles. The number of aryl methyl sites for hydroxylation is 2. The summed E-state index contributed by atoms with van der Waals surface area (Å²) in [7, 11) is 0. The monoisotopic (exact) mass is 272 g/mol. The Morgan fingerprint density at radius 1 is 1.12 bits per heavy atom. The Bertz CT molecular complexity index is 393. The molecule has 0 aliphatic heterocycles. The van der Waals surface area contributed by atoms with Crippen LogP contribution in [-0.4, -0.2) is 12.3 Å². The third kappa shape index (κ3) is 2.70. The summed E-state index contributed by atoms with van der Waals surface area (Å²) in [6.45, 7) is 2.71. The van der Waals surface area contributed by atoms with Crippen molar-refractivity contribution in [3.8, 4) is 0 Å². The van der Waals surface area contributed by atoms with Gasteiger partial charge in [-0.2, -0.15) is 8.78 Å². The average Bonchev–Trinajstić information content (AvgIpc) is 2.23. The van der Waals surface area contributed by atoms with Gasteiger partial charge < -0.3 is 0 Å². The maximum atomic E-state index is 13.3. The van der Waals surface area contributed by atoms with Crippen molar-refractivity contribution in [2.45, 2.75) is 31.6 Å². The fourth-order valence-electron chi connectivity index (χ4n) is 1.46. The third-order valence-corrected chi connectivity index (χ3v) is 2.92.